The van der Waals surface area contributed by atoms with Crippen molar-refractivity contribution < 1.29 is 29.4 Å². The Balaban J connectivity index is 5.04. The summed E-state index contributed by atoms with van der Waals surface area (Å²) in [5.74, 6) is -2.94. The van der Waals surface area contributed by atoms with Gasteiger partial charge >= 0.3 is 5.97 Å². The number of nitrogens with two attached hydrogens (primary N) is 1. The van der Waals surface area contributed by atoms with E-state index in [-0.39, 0.29) is 18.7 Å². The highest BCUT2D eigenvalue weighted by Crippen LogP contribution is 2.03. The largest absolute Gasteiger partial charge is 0.480 e. The number of rotatable bonds is 12. The van der Waals surface area contributed by atoms with E-state index in [1.165, 1.54) is 18.7 Å². The Hall–Kier alpha value is -1.50. The molecular weight excluding hydrogens is 384 g/mol. The number of hydrogen-bond donors (Lipinski definition) is 7. The summed E-state index contributed by atoms with van der Waals surface area (Å²) >= 11 is 5.38. The van der Waals surface area contributed by atoms with E-state index in [1.54, 1.807) is 6.26 Å². The molecule has 0 aromatic carbocycles. The van der Waals surface area contributed by atoms with Gasteiger partial charge in [-0.1, -0.05) is 0 Å². The number of aliphatic hydroxyl groups is 1. The molecule has 0 aliphatic heterocycles. The molecule has 7 N–H and O–H groups in total. The molecule has 4 atom stereocenters. The molecule has 0 heterocycles. The molecule has 0 aliphatic rings. The maximum absolute atomic E-state index is 12.3. The minimum absolute atomic E-state index is 0.0583. The monoisotopic (exact) mass is 410 g/mol. The highest BCUT2D eigenvalue weighted by Gasteiger charge is 2.31. The van der Waals surface area contributed by atoms with Crippen LogP contribution in [0.25, 0.3) is 0 Å². The van der Waals surface area contributed by atoms with E-state index in [1.807, 2.05) is 0 Å². The van der Waals surface area contributed by atoms with Crippen molar-refractivity contribution in [1.29, 1.82) is 0 Å². The highest BCUT2D eigenvalue weighted by molar-refractivity contribution is 7.98. The maximum atomic E-state index is 12.3. The first kappa shape index (κ1) is 24.5. The van der Waals surface area contributed by atoms with Crippen LogP contribution in [0.2, 0.25) is 0 Å². The van der Waals surface area contributed by atoms with E-state index in [2.05, 4.69) is 28.6 Å². The fraction of sp³-hybridized carbons (Fsp3) is 0.714. The van der Waals surface area contributed by atoms with Gasteiger partial charge in [0.15, 0.2) is 0 Å². The van der Waals surface area contributed by atoms with Crippen molar-refractivity contribution in [2.75, 3.05) is 24.3 Å². The number of carbonyl (C=O) groups excluding carboxylic acids is 3. The molecule has 0 radical (unpaired) electrons. The number of thiol groups is 1. The number of aliphatic hydroxyl groups excluding tert-OH is 1. The lowest BCUT2D eigenvalue weighted by Crippen LogP contribution is -2.59. The molecule has 0 rings (SSSR count). The van der Waals surface area contributed by atoms with E-state index in [4.69, 9.17) is 10.8 Å². The molecule has 12 heteroatoms. The van der Waals surface area contributed by atoms with Crippen molar-refractivity contribution in [2.45, 2.75) is 37.6 Å². The van der Waals surface area contributed by atoms with Crippen LogP contribution in [0.15, 0.2) is 0 Å². The Morgan fingerprint density at radius 2 is 1.73 bits per heavy atom. The molecule has 0 saturated carbocycles. The van der Waals surface area contributed by atoms with Gasteiger partial charge in [0.05, 0.1) is 12.6 Å². The zero-order valence-electron chi connectivity index (χ0n) is 14.6. The number of thioether (sulfide) groups is 1. The van der Waals surface area contributed by atoms with Gasteiger partial charge in [-0.15, -0.1) is 0 Å². The summed E-state index contributed by atoms with van der Waals surface area (Å²) in [5.41, 5.74) is 5.17. The number of carbonyl (C=O) groups is 4. The quantitative estimate of drug-likeness (QED) is 0.174. The lowest BCUT2D eigenvalue weighted by molar-refractivity contribution is -0.143. The van der Waals surface area contributed by atoms with Gasteiger partial charge in [-0.3, -0.25) is 14.4 Å². The number of carboxylic acid groups (broad SMARTS) is 1. The molecule has 0 bridgehead atoms. The first-order valence-electron chi connectivity index (χ1n) is 7.78. The van der Waals surface area contributed by atoms with E-state index in [9.17, 15) is 24.3 Å². The Labute approximate surface area is 161 Å². The number of nitrogens with one attached hydrogen (secondary N) is 3. The zero-order valence-corrected chi connectivity index (χ0v) is 16.3. The summed E-state index contributed by atoms with van der Waals surface area (Å²) < 4.78 is 0. The van der Waals surface area contributed by atoms with Crippen molar-refractivity contribution in [1.82, 2.24) is 16.0 Å². The molecule has 0 spiro atoms. The van der Waals surface area contributed by atoms with Gasteiger partial charge in [0.1, 0.15) is 18.1 Å². The van der Waals surface area contributed by atoms with Gasteiger partial charge in [-0.25, -0.2) is 4.79 Å². The van der Waals surface area contributed by atoms with Crippen LogP contribution in [-0.2, 0) is 19.2 Å². The third kappa shape index (κ3) is 8.74. The third-order valence-electron chi connectivity index (χ3n) is 3.31. The molecule has 0 saturated heterocycles. The number of hydrogen-bond acceptors (Lipinski definition) is 8. The molecular formula is C14H26N4O6S2. The Morgan fingerprint density at radius 3 is 2.15 bits per heavy atom. The Kier molecular flexibility index (Phi) is 12.1. The summed E-state index contributed by atoms with van der Waals surface area (Å²) in [6, 6.07) is -3.60. The molecule has 0 fully saturated rings. The van der Waals surface area contributed by atoms with Crippen molar-refractivity contribution in [2.24, 2.45) is 5.73 Å². The fourth-order valence-corrected chi connectivity index (χ4v) is 2.59. The first-order chi connectivity index (χ1) is 12.2. The summed E-state index contributed by atoms with van der Waals surface area (Å²) in [6.45, 7) is 0.948. The van der Waals surface area contributed by atoms with E-state index in [0.717, 1.165) is 0 Å². The van der Waals surface area contributed by atoms with Crippen LogP contribution in [0.5, 0.6) is 0 Å². The van der Waals surface area contributed by atoms with Gasteiger partial charge in [0, 0.05) is 5.75 Å². The van der Waals surface area contributed by atoms with Crippen LogP contribution in [-0.4, -0.2) is 82.4 Å². The standard InChI is InChI=1S/C14H26N4O6S2/c1-7(19)11(13(22)17-8(14(23)24)3-4-26-2)18-12(21)9(6-25)16-10(20)5-15/h7-9,11,19,25H,3-6,15H2,1-2H3,(H,16,20)(H,17,22)(H,18,21)(H,23,24). The normalized spacial score (nSPS) is 15.3. The molecule has 150 valence electrons. The molecule has 0 aliphatic carbocycles. The highest BCUT2D eigenvalue weighted by atomic mass is 32.2. The number of amides is 3. The van der Waals surface area contributed by atoms with E-state index in [0.29, 0.717) is 5.75 Å². The SMILES string of the molecule is CSCCC(NC(=O)C(NC(=O)C(CS)NC(=O)CN)C(C)O)C(=O)O. The maximum Gasteiger partial charge on any atom is 0.326 e. The Bertz CT molecular complexity index is 506. The Morgan fingerprint density at radius 1 is 1.12 bits per heavy atom. The number of carboxylic acids is 1. The lowest BCUT2D eigenvalue weighted by atomic mass is 10.1. The second-order valence-electron chi connectivity index (χ2n) is 5.41. The fourth-order valence-electron chi connectivity index (χ4n) is 1.86. The minimum Gasteiger partial charge on any atom is -0.480 e. The summed E-state index contributed by atoms with van der Waals surface area (Å²) in [4.78, 5) is 47.1. The predicted octanol–water partition coefficient (Wildman–Crippen LogP) is -2.45. The molecule has 3 amide bonds. The zero-order chi connectivity index (χ0) is 20.3. The van der Waals surface area contributed by atoms with Crippen molar-refractivity contribution in [3.8, 4) is 0 Å². The average molecular weight is 411 g/mol. The van der Waals surface area contributed by atoms with Gasteiger partial charge in [-0.2, -0.15) is 24.4 Å². The van der Waals surface area contributed by atoms with E-state index < -0.39 is 47.9 Å². The molecule has 4 unspecified atom stereocenters. The van der Waals surface area contributed by atoms with Crippen molar-refractivity contribution in [3.63, 3.8) is 0 Å². The topological polar surface area (TPSA) is 171 Å². The minimum atomic E-state index is -1.39. The second kappa shape index (κ2) is 12.8. The van der Waals surface area contributed by atoms with Crippen LogP contribution in [0.4, 0.5) is 0 Å². The lowest BCUT2D eigenvalue weighted by Gasteiger charge is -2.25. The summed E-state index contributed by atoms with van der Waals surface area (Å²) in [6.07, 6.45) is 0.696. The molecule has 10 nitrogen and oxygen atoms in total. The van der Waals surface area contributed by atoms with Gasteiger partial charge in [0.25, 0.3) is 0 Å². The summed E-state index contributed by atoms with van der Waals surface area (Å²) in [5, 5.41) is 25.9. The molecule has 0 aromatic rings. The van der Waals surface area contributed by atoms with Crippen LogP contribution < -0.4 is 21.7 Å². The van der Waals surface area contributed by atoms with E-state index >= 15 is 0 Å². The van der Waals surface area contributed by atoms with Crippen LogP contribution >= 0.6 is 24.4 Å². The second-order valence-corrected chi connectivity index (χ2v) is 6.77. The van der Waals surface area contributed by atoms with Crippen molar-refractivity contribution >= 4 is 48.1 Å². The molecule has 26 heavy (non-hydrogen) atoms. The van der Waals surface area contributed by atoms with Gasteiger partial charge in [-0.05, 0) is 25.4 Å². The van der Waals surface area contributed by atoms with Gasteiger partial charge < -0.3 is 31.9 Å². The van der Waals surface area contributed by atoms with Crippen LogP contribution in [0.3, 0.4) is 0 Å². The number of aliphatic carboxylic acids is 1. The van der Waals surface area contributed by atoms with Crippen LogP contribution in [0.1, 0.15) is 13.3 Å². The summed E-state index contributed by atoms with van der Waals surface area (Å²) in [7, 11) is 0. The van der Waals surface area contributed by atoms with Crippen LogP contribution in [0, 0.1) is 0 Å². The average Bonchev–Trinajstić information content (AvgIpc) is 2.59. The first-order valence-corrected chi connectivity index (χ1v) is 9.81. The van der Waals surface area contributed by atoms with Crippen molar-refractivity contribution in [3.05, 3.63) is 0 Å². The molecule has 0 aromatic heterocycles. The van der Waals surface area contributed by atoms with Gasteiger partial charge in [0.2, 0.25) is 17.7 Å². The third-order valence-corrected chi connectivity index (χ3v) is 4.32. The predicted molar refractivity (Wildman–Crippen MR) is 101 cm³/mol. The smallest absolute Gasteiger partial charge is 0.326 e.